The molecule has 1 atom stereocenters. The number of hydrogen-bond acceptors (Lipinski definition) is 4. The van der Waals surface area contributed by atoms with Gasteiger partial charge in [-0.25, -0.2) is 0 Å². The maximum absolute atomic E-state index is 12.6. The third-order valence-electron chi connectivity index (χ3n) is 4.17. The molecule has 0 aliphatic heterocycles. The lowest BCUT2D eigenvalue weighted by Gasteiger charge is -2.30. The zero-order chi connectivity index (χ0) is 20.7. The van der Waals surface area contributed by atoms with Crippen molar-refractivity contribution in [1.29, 1.82) is 0 Å². The Bertz CT molecular complexity index is 843. The lowest BCUT2D eigenvalue weighted by atomic mass is 9.88. The maximum Gasteiger partial charge on any atom is 0.387 e. The molecular formula is C20H21F2NO5. The summed E-state index contributed by atoms with van der Waals surface area (Å²) in [4.78, 5) is 24.0. The van der Waals surface area contributed by atoms with Crippen LogP contribution in [0.15, 0.2) is 48.5 Å². The van der Waals surface area contributed by atoms with Crippen LogP contribution in [0.25, 0.3) is 0 Å². The summed E-state index contributed by atoms with van der Waals surface area (Å²) in [5.41, 5.74) is -0.418. The minimum Gasteiger partial charge on any atom is -0.497 e. The molecule has 0 saturated carbocycles. The van der Waals surface area contributed by atoms with E-state index in [1.807, 2.05) is 0 Å². The molecule has 0 bridgehead atoms. The fourth-order valence-corrected chi connectivity index (χ4v) is 2.87. The van der Waals surface area contributed by atoms with Crippen molar-refractivity contribution in [2.45, 2.75) is 31.9 Å². The van der Waals surface area contributed by atoms with Gasteiger partial charge in [-0.3, -0.25) is 9.59 Å². The summed E-state index contributed by atoms with van der Waals surface area (Å²) >= 11 is 0. The minimum atomic E-state index is -3.02. The van der Waals surface area contributed by atoms with Gasteiger partial charge >= 0.3 is 12.6 Å². The Labute approximate surface area is 161 Å². The number of carbonyl (C=O) groups excluding carboxylic acids is 1. The van der Waals surface area contributed by atoms with E-state index in [1.54, 1.807) is 37.3 Å². The van der Waals surface area contributed by atoms with Gasteiger partial charge in [0.15, 0.2) is 0 Å². The number of ether oxygens (including phenoxy) is 2. The summed E-state index contributed by atoms with van der Waals surface area (Å²) in [7, 11) is 1.48. The molecule has 0 saturated heterocycles. The Kier molecular flexibility index (Phi) is 6.92. The number of hydrogen-bond donors (Lipinski definition) is 2. The van der Waals surface area contributed by atoms with E-state index in [4.69, 9.17) is 4.74 Å². The molecule has 0 radical (unpaired) electrons. The van der Waals surface area contributed by atoms with Crippen LogP contribution in [0.4, 0.5) is 8.78 Å². The third kappa shape index (κ3) is 5.67. The number of carboxylic acids is 1. The average Bonchev–Trinajstić information content (AvgIpc) is 2.62. The van der Waals surface area contributed by atoms with E-state index in [-0.39, 0.29) is 24.2 Å². The Balaban J connectivity index is 2.25. The van der Waals surface area contributed by atoms with Crippen molar-refractivity contribution < 1.29 is 33.0 Å². The van der Waals surface area contributed by atoms with Crippen LogP contribution in [0.2, 0.25) is 0 Å². The van der Waals surface area contributed by atoms with E-state index in [2.05, 4.69) is 10.1 Å². The van der Waals surface area contributed by atoms with Crippen molar-refractivity contribution >= 4 is 11.9 Å². The van der Waals surface area contributed by atoms with Crippen molar-refractivity contribution in [1.82, 2.24) is 5.32 Å². The maximum atomic E-state index is 12.6. The Morgan fingerprint density at radius 1 is 1.18 bits per heavy atom. The van der Waals surface area contributed by atoms with Gasteiger partial charge in [0.1, 0.15) is 11.5 Å². The number of halogens is 2. The third-order valence-corrected chi connectivity index (χ3v) is 4.17. The van der Waals surface area contributed by atoms with Crippen LogP contribution in [0.5, 0.6) is 11.5 Å². The van der Waals surface area contributed by atoms with Crippen LogP contribution < -0.4 is 14.8 Å². The largest absolute Gasteiger partial charge is 0.497 e. The van der Waals surface area contributed by atoms with E-state index in [9.17, 15) is 23.5 Å². The van der Waals surface area contributed by atoms with Crippen molar-refractivity contribution in [2.24, 2.45) is 0 Å². The lowest BCUT2D eigenvalue weighted by Crippen LogP contribution is -2.45. The molecule has 8 heteroatoms. The van der Waals surface area contributed by atoms with Crippen LogP contribution in [0.1, 0.15) is 24.5 Å². The Hall–Kier alpha value is -3.16. The number of carbonyl (C=O) groups is 2. The first-order valence-electron chi connectivity index (χ1n) is 8.43. The highest BCUT2D eigenvalue weighted by Gasteiger charge is 2.32. The smallest absolute Gasteiger partial charge is 0.387 e. The molecule has 0 aliphatic carbocycles. The number of para-hydroxylation sites is 1. The average molecular weight is 393 g/mol. The summed E-state index contributed by atoms with van der Waals surface area (Å²) in [5.74, 6) is -1.23. The molecule has 1 unspecified atom stereocenters. The van der Waals surface area contributed by atoms with Crippen LogP contribution in [0.3, 0.4) is 0 Å². The number of carboxylic acid groups (broad SMARTS) is 1. The van der Waals surface area contributed by atoms with Gasteiger partial charge in [0.05, 0.1) is 25.5 Å². The van der Waals surface area contributed by atoms with E-state index in [0.717, 1.165) is 0 Å². The summed E-state index contributed by atoms with van der Waals surface area (Å²) in [5, 5.41) is 12.0. The lowest BCUT2D eigenvalue weighted by molar-refractivity contribution is -0.139. The molecule has 150 valence electrons. The first kappa shape index (κ1) is 21.1. The highest BCUT2D eigenvalue weighted by molar-refractivity contribution is 5.81. The first-order chi connectivity index (χ1) is 13.2. The normalized spacial score (nSPS) is 12.9. The van der Waals surface area contributed by atoms with Crippen molar-refractivity contribution in [2.75, 3.05) is 7.11 Å². The van der Waals surface area contributed by atoms with Gasteiger partial charge < -0.3 is 19.9 Å². The molecule has 0 fully saturated rings. The van der Waals surface area contributed by atoms with Gasteiger partial charge in [0, 0.05) is 5.56 Å². The fraction of sp³-hybridized carbons (Fsp3) is 0.300. The predicted octanol–water partition coefficient (Wildman–Crippen LogP) is 3.35. The molecule has 1 amide bonds. The number of nitrogens with one attached hydrogen (secondary N) is 1. The molecule has 28 heavy (non-hydrogen) atoms. The molecule has 2 rings (SSSR count). The van der Waals surface area contributed by atoms with Crippen LogP contribution >= 0.6 is 0 Å². The topological polar surface area (TPSA) is 84.9 Å². The van der Waals surface area contributed by atoms with Crippen molar-refractivity contribution in [3.05, 3.63) is 59.7 Å². The second kappa shape index (κ2) is 9.16. The van der Waals surface area contributed by atoms with Gasteiger partial charge in [-0.05, 0) is 30.7 Å². The molecule has 6 nitrogen and oxygen atoms in total. The Morgan fingerprint density at radius 3 is 2.54 bits per heavy atom. The van der Waals surface area contributed by atoms with E-state index < -0.39 is 24.0 Å². The second-order valence-electron chi connectivity index (χ2n) is 6.35. The zero-order valence-corrected chi connectivity index (χ0v) is 15.4. The molecule has 2 N–H and O–H groups in total. The SMILES string of the molecule is COc1cccc(C(C)(CC(=O)O)NC(=O)Cc2ccccc2OC(F)F)c1. The summed E-state index contributed by atoms with van der Waals surface area (Å²) < 4.78 is 34.7. The van der Waals surface area contributed by atoms with Crippen molar-refractivity contribution in [3.63, 3.8) is 0 Å². The van der Waals surface area contributed by atoms with Crippen molar-refractivity contribution in [3.8, 4) is 11.5 Å². The monoisotopic (exact) mass is 393 g/mol. The quantitative estimate of drug-likeness (QED) is 0.683. The van der Waals surface area contributed by atoms with E-state index in [0.29, 0.717) is 11.3 Å². The summed E-state index contributed by atoms with van der Waals surface area (Å²) in [6.45, 7) is -1.44. The molecule has 2 aromatic carbocycles. The van der Waals surface area contributed by atoms with E-state index in [1.165, 1.54) is 25.3 Å². The molecule has 0 aromatic heterocycles. The molecule has 0 spiro atoms. The van der Waals surface area contributed by atoms with E-state index >= 15 is 0 Å². The summed E-state index contributed by atoms with van der Waals surface area (Å²) in [6.07, 6.45) is -0.622. The van der Waals surface area contributed by atoms with Gasteiger partial charge in [0.2, 0.25) is 5.91 Å². The molecular weight excluding hydrogens is 372 g/mol. The van der Waals surface area contributed by atoms with Gasteiger partial charge in [-0.1, -0.05) is 30.3 Å². The highest BCUT2D eigenvalue weighted by atomic mass is 19.3. The highest BCUT2D eigenvalue weighted by Crippen LogP contribution is 2.28. The second-order valence-corrected chi connectivity index (χ2v) is 6.35. The number of methoxy groups -OCH3 is 1. The summed E-state index contributed by atoms with van der Waals surface area (Å²) in [6, 6.07) is 12.7. The predicted molar refractivity (Wildman–Crippen MR) is 97.5 cm³/mol. The standard InChI is InChI=1S/C20H21F2NO5/c1-20(12-18(25)26,14-7-5-8-15(11-14)27-2)23-17(24)10-13-6-3-4-9-16(13)28-19(21)22/h3-9,11,19H,10,12H2,1-2H3,(H,23,24)(H,25,26). The number of alkyl halides is 2. The van der Waals surface area contributed by atoms with Gasteiger partial charge in [-0.15, -0.1) is 0 Å². The minimum absolute atomic E-state index is 0.103. The number of benzene rings is 2. The van der Waals surface area contributed by atoms with Gasteiger partial charge in [0.25, 0.3) is 0 Å². The first-order valence-corrected chi connectivity index (χ1v) is 8.43. The molecule has 2 aromatic rings. The number of amides is 1. The fourth-order valence-electron chi connectivity index (χ4n) is 2.87. The Morgan fingerprint density at radius 2 is 1.89 bits per heavy atom. The van der Waals surface area contributed by atoms with Crippen LogP contribution in [-0.2, 0) is 21.5 Å². The van der Waals surface area contributed by atoms with Crippen LogP contribution in [0, 0.1) is 0 Å². The van der Waals surface area contributed by atoms with Crippen LogP contribution in [-0.4, -0.2) is 30.7 Å². The molecule has 0 heterocycles. The molecule has 0 aliphatic rings. The number of aliphatic carboxylic acids is 1. The van der Waals surface area contributed by atoms with Gasteiger partial charge in [-0.2, -0.15) is 8.78 Å². The zero-order valence-electron chi connectivity index (χ0n) is 15.4. The number of rotatable bonds is 9.